The summed E-state index contributed by atoms with van der Waals surface area (Å²) >= 11 is 5.85. The van der Waals surface area contributed by atoms with Gasteiger partial charge in [-0.05, 0) is 13.8 Å². The van der Waals surface area contributed by atoms with E-state index in [0.29, 0.717) is 23.5 Å². The maximum atomic E-state index is 13.5. The van der Waals surface area contributed by atoms with Crippen LogP contribution in [0.15, 0.2) is 12.1 Å². The Morgan fingerprint density at radius 2 is 1.63 bits per heavy atom. The van der Waals surface area contributed by atoms with Crippen molar-refractivity contribution in [2.75, 3.05) is 5.32 Å². The van der Waals surface area contributed by atoms with Gasteiger partial charge in [0.1, 0.15) is 28.3 Å². The van der Waals surface area contributed by atoms with Gasteiger partial charge < -0.3 is 5.32 Å². The van der Waals surface area contributed by atoms with Crippen LogP contribution in [-0.4, -0.2) is 9.97 Å². The topological polar surface area (TPSA) is 37.8 Å². The van der Waals surface area contributed by atoms with Gasteiger partial charge in [-0.15, -0.1) is 0 Å². The van der Waals surface area contributed by atoms with Crippen molar-refractivity contribution in [3.8, 4) is 0 Å². The summed E-state index contributed by atoms with van der Waals surface area (Å²) in [6.45, 7) is 3.19. The minimum atomic E-state index is -1.05. The fraction of sp³-hybridized carbons (Fsp3) is 0.167. The van der Waals surface area contributed by atoms with Gasteiger partial charge in [0.25, 0.3) is 0 Å². The number of rotatable bonds is 2. The van der Waals surface area contributed by atoms with Crippen molar-refractivity contribution >= 4 is 23.1 Å². The maximum absolute atomic E-state index is 13.5. The molecule has 1 heterocycles. The van der Waals surface area contributed by atoms with Gasteiger partial charge in [0.15, 0.2) is 11.6 Å². The summed E-state index contributed by atoms with van der Waals surface area (Å²) in [6.07, 6.45) is 0. The van der Waals surface area contributed by atoms with Crippen LogP contribution in [0.1, 0.15) is 11.4 Å². The lowest BCUT2D eigenvalue weighted by Crippen LogP contribution is -2.04. The smallest absolute Gasteiger partial charge is 0.152 e. The molecule has 1 aromatic carbocycles. The van der Waals surface area contributed by atoms with E-state index in [1.54, 1.807) is 13.8 Å². The van der Waals surface area contributed by atoms with Gasteiger partial charge in [0.2, 0.25) is 0 Å². The predicted octanol–water partition coefficient (Wildman–Crippen LogP) is 3.91. The normalized spacial score (nSPS) is 10.6. The fourth-order valence-electron chi connectivity index (χ4n) is 1.50. The molecule has 19 heavy (non-hydrogen) atoms. The minimum absolute atomic E-state index is 0.168. The molecule has 100 valence electrons. The van der Waals surface area contributed by atoms with Crippen LogP contribution in [0.5, 0.6) is 0 Å². The summed E-state index contributed by atoms with van der Waals surface area (Å²) in [5, 5.41) is 2.64. The van der Waals surface area contributed by atoms with Crippen molar-refractivity contribution in [1.29, 1.82) is 0 Å². The molecule has 2 aromatic rings. The number of halogens is 4. The first kappa shape index (κ1) is 13.6. The van der Waals surface area contributed by atoms with Crippen LogP contribution >= 0.6 is 11.6 Å². The van der Waals surface area contributed by atoms with Crippen LogP contribution in [0.25, 0.3) is 0 Å². The second-order valence-electron chi connectivity index (χ2n) is 3.90. The van der Waals surface area contributed by atoms with Crippen molar-refractivity contribution in [2.45, 2.75) is 13.8 Å². The van der Waals surface area contributed by atoms with Crippen LogP contribution < -0.4 is 5.32 Å². The molecule has 0 aliphatic rings. The van der Waals surface area contributed by atoms with Crippen LogP contribution in [0.3, 0.4) is 0 Å². The number of anilines is 2. The Balaban J connectivity index is 2.48. The van der Waals surface area contributed by atoms with E-state index in [1.807, 2.05) is 0 Å². The SMILES string of the molecule is Cc1nc(Cl)c(C)c(Nc2c(F)cc(F)cc2F)n1. The Morgan fingerprint density at radius 3 is 2.21 bits per heavy atom. The van der Waals surface area contributed by atoms with Crippen LogP contribution in [0.2, 0.25) is 5.15 Å². The van der Waals surface area contributed by atoms with Gasteiger partial charge in [-0.3, -0.25) is 0 Å². The average Bonchev–Trinajstić information content (AvgIpc) is 2.29. The number of benzene rings is 1. The zero-order valence-corrected chi connectivity index (χ0v) is 10.8. The fourth-order valence-corrected chi connectivity index (χ4v) is 1.71. The molecule has 1 aromatic heterocycles. The lowest BCUT2D eigenvalue weighted by atomic mass is 10.2. The summed E-state index contributed by atoms with van der Waals surface area (Å²) < 4.78 is 39.8. The molecular weight excluding hydrogens is 279 g/mol. The molecule has 0 spiro atoms. The molecule has 0 unspecified atom stereocenters. The average molecular weight is 288 g/mol. The van der Waals surface area contributed by atoms with Gasteiger partial charge in [0, 0.05) is 17.7 Å². The Hall–Kier alpha value is -1.82. The lowest BCUT2D eigenvalue weighted by Gasteiger charge is -2.11. The highest BCUT2D eigenvalue weighted by atomic mass is 35.5. The molecule has 0 saturated carbocycles. The van der Waals surface area contributed by atoms with E-state index in [9.17, 15) is 13.2 Å². The van der Waals surface area contributed by atoms with E-state index in [-0.39, 0.29) is 11.0 Å². The molecule has 0 bridgehead atoms. The number of hydrogen-bond donors (Lipinski definition) is 1. The van der Waals surface area contributed by atoms with Crippen LogP contribution in [0.4, 0.5) is 24.7 Å². The van der Waals surface area contributed by atoms with E-state index in [2.05, 4.69) is 15.3 Å². The third-order valence-electron chi connectivity index (χ3n) is 2.45. The van der Waals surface area contributed by atoms with Crippen molar-refractivity contribution in [3.05, 3.63) is 46.1 Å². The van der Waals surface area contributed by atoms with Gasteiger partial charge >= 0.3 is 0 Å². The highest BCUT2D eigenvalue weighted by molar-refractivity contribution is 6.30. The van der Waals surface area contributed by atoms with E-state index >= 15 is 0 Å². The lowest BCUT2D eigenvalue weighted by molar-refractivity contribution is 0.548. The Kier molecular flexibility index (Phi) is 3.61. The zero-order chi connectivity index (χ0) is 14.2. The van der Waals surface area contributed by atoms with E-state index in [0.717, 1.165) is 0 Å². The standard InChI is InChI=1S/C12H9ClF3N3/c1-5-11(13)17-6(2)18-12(5)19-10-8(15)3-7(14)4-9(10)16/h3-4H,1-2H3,(H,17,18,19). The third-order valence-corrected chi connectivity index (χ3v) is 2.82. The van der Waals surface area contributed by atoms with E-state index < -0.39 is 23.1 Å². The Labute approximate surface area is 112 Å². The van der Waals surface area contributed by atoms with Gasteiger partial charge in [-0.25, -0.2) is 23.1 Å². The maximum Gasteiger partial charge on any atom is 0.152 e. The quantitative estimate of drug-likeness (QED) is 0.851. The summed E-state index contributed by atoms with van der Waals surface area (Å²) in [5.74, 6) is -2.58. The molecule has 0 aliphatic heterocycles. The Bertz CT molecular complexity index is 623. The predicted molar refractivity (Wildman–Crippen MR) is 66.1 cm³/mol. The molecule has 3 nitrogen and oxygen atoms in total. The summed E-state index contributed by atoms with van der Waals surface area (Å²) in [4.78, 5) is 7.90. The molecule has 0 atom stereocenters. The van der Waals surface area contributed by atoms with Crippen molar-refractivity contribution < 1.29 is 13.2 Å². The van der Waals surface area contributed by atoms with Crippen LogP contribution in [0, 0.1) is 31.3 Å². The molecule has 2 rings (SSSR count). The van der Waals surface area contributed by atoms with Crippen molar-refractivity contribution in [1.82, 2.24) is 9.97 Å². The molecule has 0 fully saturated rings. The van der Waals surface area contributed by atoms with E-state index in [4.69, 9.17) is 11.6 Å². The second kappa shape index (κ2) is 5.05. The molecular formula is C12H9ClF3N3. The molecule has 1 N–H and O–H groups in total. The number of aryl methyl sites for hydroxylation is 1. The molecule has 0 aliphatic carbocycles. The first-order valence-corrected chi connectivity index (χ1v) is 5.68. The van der Waals surface area contributed by atoms with Crippen molar-refractivity contribution in [3.63, 3.8) is 0 Å². The molecule has 0 saturated heterocycles. The number of nitrogens with zero attached hydrogens (tertiary/aromatic N) is 2. The first-order chi connectivity index (χ1) is 8.88. The van der Waals surface area contributed by atoms with Gasteiger partial charge in [0.05, 0.1) is 0 Å². The monoisotopic (exact) mass is 287 g/mol. The summed E-state index contributed by atoms with van der Waals surface area (Å²) in [5.41, 5.74) is -0.0472. The summed E-state index contributed by atoms with van der Waals surface area (Å²) in [7, 11) is 0. The first-order valence-electron chi connectivity index (χ1n) is 5.31. The molecule has 7 heteroatoms. The van der Waals surface area contributed by atoms with Crippen LogP contribution in [-0.2, 0) is 0 Å². The third kappa shape index (κ3) is 2.78. The Morgan fingerprint density at radius 1 is 1.05 bits per heavy atom. The molecule has 0 radical (unpaired) electrons. The zero-order valence-electron chi connectivity index (χ0n) is 10.1. The summed E-state index contributed by atoms with van der Waals surface area (Å²) in [6, 6.07) is 1.16. The number of hydrogen-bond acceptors (Lipinski definition) is 3. The highest BCUT2D eigenvalue weighted by Gasteiger charge is 2.15. The van der Waals surface area contributed by atoms with Crippen molar-refractivity contribution in [2.24, 2.45) is 0 Å². The minimum Gasteiger partial charge on any atom is -0.335 e. The second-order valence-corrected chi connectivity index (χ2v) is 4.26. The largest absolute Gasteiger partial charge is 0.335 e. The highest BCUT2D eigenvalue weighted by Crippen LogP contribution is 2.27. The number of aromatic nitrogens is 2. The van der Waals surface area contributed by atoms with Gasteiger partial charge in [-0.1, -0.05) is 11.6 Å². The number of nitrogens with one attached hydrogen (secondary N) is 1. The molecule has 0 amide bonds. The van der Waals surface area contributed by atoms with E-state index in [1.165, 1.54) is 0 Å². The van der Waals surface area contributed by atoms with Gasteiger partial charge in [-0.2, -0.15) is 0 Å².